The van der Waals surface area contributed by atoms with E-state index in [0.717, 1.165) is 0 Å². The Balaban J connectivity index is 0.000000148. The van der Waals surface area contributed by atoms with Crippen LogP contribution in [0, 0.1) is 11.8 Å². The number of fused-ring (bicyclic) bond motifs is 1. The maximum Gasteiger partial charge on any atom is 0.446 e. The van der Waals surface area contributed by atoms with Gasteiger partial charge in [0.2, 0.25) is 0 Å². The second-order valence-corrected chi connectivity index (χ2v) is 5.67. The lowest BCUT2D eigenvalue weighted by molar-refractivity contribution is -0.0328. The van der Waals surface area contributed by atoms with E-state index < -0.39 is 5.51 Å². The van der Waals surface area contributed by atoms with Crippen molar-refractivity contribution < 1.29 is 13.2 Å². The minimum absolute atomic E-state index is 0.0993. The minimum Gasteiger partial charge on any atom is -0.160 e. The Morgan fingerprint density at radius 2 is 1.35 bits per heavy atom. The average Bonchev–Trinajstić information content (AvgIpc) is 2.23. The fourth-order valence-corrected chi connectivity index (χ4v) is 2.75. The highest BCUT2D eigenvalue weighted by atomic mass is 32.2. The third-order valence-electron chi connectivity index (χ3n) is 3.46. The van der Waals surface area contributed by atoms with Crippen LogP contribution in [0.3, 0.4) is 0 Å². The van der Waals surface area contributed by atoms with Crippen molar-refractivity contribution in [3.63, 3.8) is 0 Å². The Hall–Kier alpha value is -0.640. The smallest absolute Gasteiger partial charge is 0.160 e. The van der Waals surface area contributed by atoms with Crippen LogP contribution in [-0.2, 0) is 0 Å². The number of hydrogen-bond acceptors (Lipinski definition) is 1. The van der Waals surface area contributed by atoms with E-state index in [9.17, 15) is 13.2 Å². The lowest BCUT2D eigenvalue weighted by Crippen LogP contribution is -2.34. The van der Waals surface area contributed by atoms with Crippen LogP contribution in [0.25, 0.3) is 0 Å². The Morgan fingerprint density at radius 3 is 1.65 bits per heavy atom. The van der Waals surface area contributed by atoms with E-state index in [2.05, 4.69) is 0 Å². The number of alkyl halides is 3. The van der Waals surface area contributed by atoms with Crippen molar-refractivity contribution >= 4 is 11.8 Å². The van der Waals surface area contributed by atoms with E-state index in [-0.39, 0.29) is 16.7 Å². The zero-order valence-electron chi connectivity index (χ0n) is 9.41. The van der Waals surface area contributed by atoms with Gasteiger partial charge in [0.25, 0.3) is 0 Å². The van der Waals surface area contributed by atoms with Gasteiger partial charge >= 0.3 is 5.51 Å². The van der Waals surface area contributed by atoms with E-state index >= 15 is 0 Å². The summed E-state index contributed by atoms with van der Waals surface area (Å²) >= 11 is -0.0993. The first-order chi connectivity index (χ1) is 8.04. The molecule has 0 unspecified atom stereocenters. The minimum atomic E-state index is -4.18. The van der Waals surface area contributed by atoms with Gasteiger partial charge in [-0.15, -0.1) is 0 Å². The van der Waals surface area contributed by atoms with Crippen LogP contribution >= 0.6 is 11.8 Å². The van der Waals surface area contributed by atoms with Crippen molar-refractivity contribution in [1.29, 1.82) is 0 Å². The number of benzene rings is 1. The average molecular weight is 260 g/mol. The maximum absolute atomic E-state index is 11.7. The van der Waals surface area contributed by atoms with Gasteiger partial charge in [0.1, 0.15) is 0 Å². The molecule has 4 heteroatoms. The topological polar surface area (TPSA) is 0 Å². The maximum atomic E-state index is 11.7. The van der Waals surface area contributed by atoms with Gasteiger partial charge in [0.05, 0.1) is 0 Å². The van der Waals surface area contributed by atoms with Crippen LogP contribution in [0.5, 0.6) is 0 Å². The summed E-state index contributed by atoms with van der Waals surface area (Å²) in [5.74, 6) is 2.43. The Kier molecular flexibility index (Phi) is 4.02. The van der Waals surface area contributed by atoms with Crippen LogP contribution in [0.2, 0.25) is 0 Å². The third-order valence-corrected chi connectivity index (χ3v) is 4.20. The lowest BCUT2D eigenvalue weighted by atomic mass is 9.60. The summed E-state index contributed by atoms with van der Waals surface area (Å²) in [6.07, 6.45) is 6.24. The predicted molar refractivity (Wildman–Crippen MR) is 63.8 cm³/mol. The Labute approximate surface area is 104 Å². The number of thioether (sulfide) groups is 1. The van der Waals surface area contributed by atoms with Crippen LogP contribution in [-0.4, -0.2) is 5.51 Å². The summed E-state index contributed by atoms with van der Waals surface area (Å²) in [4.78, 5) is 0.222. The van der Waals surface area contributed by atoms with Crippen LogP contribution in [0.15, 0.2) is 35.2 Å². The van der Waals surface area contributed by atoms with Crippen molar-refractivity contribution in [3.05, 3.63) is 30.3 Å². The molecule has 94 valence electrons. The lowest BCUT2D eigenvalue weighted by Gasteiger charge is -2.46. The monoisotopic (exact) mass is 260 g/mol. The second-order valence-electron chi connectivity index (χ2n) is 4.54. The molecule has 0 bridgehead atoms. The van der Waals surface area contributed by atoms with Gasteiger partial charge in [-0.05, 0) is 61.4 Å². The molecule has 0 aliphatic heterocycles. The summed E-state index contributed by atoms with van der Waals surface area (Å²) in [7, 11) is 0. The van der Waals surface area contributed by atoms with Crippen LogP contribution < -0.4 is 0 Å². The van der Waals surface area contributed by atoms with E-state index in [1.54, 1.807) is 43.9 Å². The molecule has 0 heterocycles. The number of hydrogen-bond donors (Lipinski definition) is 0. The van der Waals surface area contributed by atoms with Crippen LogP contribution in [0.4, 0.5) is 13.2 Å². The molecule has 0 spiro atoms. The van der Waals surface area contributed by atoms with Crippen molar-refractivity contribution in [2.45, 2.75) is 36.1 Å². The van der Waals surface area contributed by atoms with Crippen molar-refractivity contribution in [3.8, 4) is 0 Å². The van der Waals surface area contributed by atoms with Crippen molar-refractivity contribution in [2.24, 2.45) is 11.8 Å². The molecule has 0 radical (unpaired) electrons. The van der Waals surface area contributed by atoms with Crippen molar-refractivity contribution in [2.75, 3.05) is 0 Å². The fraction of sp³-hybridized carbons (Fsp3) is 0.538. The summed E-state index contributed by atoms with van der Waals surface area (Å²) in [5, 5.41) is 0. The normalized spacial score (nSPS) is 25.8. The molecular weight excluding hydrogens is 245 g/mol. The van der Waals surface area contributed by atoms with Gasteiger partial charge in [0.15, 0.2) is 0 Å². The zero-order chi connectivity index (χ0) is 12.3. The molecule has 0 atom stereocenters. The van der Waals surface area contributed by atoms with Gasteiger partial charge < -0.3 is 0 Å². The van der Waals surface area contributed by atoms with E-state index in [0.29, 0.717) is 0 Å². The molecule has 17 heavy (non-hydrogen) atoms. The van der Waals surface area contributed by atoms with E-state index in [1.165, 1.54) is 24.0 Å². The molecular formula is C13H15F3S. The first-order valence-electron chi connectivity index (χ1n) is 5.85. The van der Waals surface area contributed by atoms with Gasteiger partial charge in [-0.3, -0.25) is 0 Å². The summed E-state index contributed by atoms with van der Waals surface area (Å²) in [6.45, 7) is 0. The molecule has 0 N–H and O–H groups in total. The van der Waals surface area contributed by atoms with Crippen molar-refractivity contribution in [1.82, 2.24) is 0 Å². The first-order valence-corrected chi connectivity index (χ1v) is 6.67. The van der Waals surface area contributed by atoms with Gasteiger partial charge in [0, 0.05) is 4.90 Å². The van der Waals surface area contributed by atoms with E-state index in [1.807, 2.05) is 0 Å². The fourth-order valence-electron chi connectivity index (χ4n) is 2.19. The summed E-state index contributed by atoms with van der Waals surface area (Å²) in [5.41, 5.74) is -4.18. The molecule has 2 aliphatic rings. The zero-order valence-corrected chi connectivity index (χ0v) is 10.2. The number of halogens is 3. The molecule has 1 aromatic rings. The molecule has 2 fully saturated rings. The van der Waals surface area contributed by atoms with Gasteiger partial charge in [-0.25, -0.2) is 0 Å². The third kappa shape index (κ3) is 3.95. The molecule has 0 aromatic heterocycles. The number of rotatable bonds is 1. The largest absolute Gasteiger partial charge is 0.446 e. The highest BCUT2D eigenvalue weighted by Gasteiger charge is 2.37. The summed E-state index contributed by atoms with van der Waals surface area (Å²) < 4.78 is 35.1. The molecule has 3 rings (SSSR count). The van der Waals surface area contributed by atoms with Gasteiger partial charge in [-0.1, -0.05) is 18.2 Å². The van der Waals surface area contributed by atoms with E-state index in [4.69, 9.17) is 0 Å². The standard InChI is InChI=1S/C7H5F3S.C6H10/c8-7(9,10)11-6-4-2-1-3-5-6;1-2-6-4-3-5(1)6/h1-5H;5-6H,1-4H2. The molecule has 0 nitrogen and oxygen atoms in total. The molecule has 0 amide bonds. The first kappa shape index (κ1) is 12.8. The predicted octanol–water partition coefficient (Wildman–Crippen LogP) is 5.10. The Morgan fingerprint density at radius 1 is 0.882 bits per heavy atom. The SMILES string of the molecule is C1CC2CCC12.FC(F)(F)Sc1ccccc1. The molecule has 1 aromatic carbocycles. The Bertz CT molecular complexity index is 329. The quantitative estimate of drug-likeness (QED) is 0.633. The molecule has 0 saturated heterocycles. The van der Waals surface area contributed by atoms with Gasteiger partial charge in [-0.2, -0.15) is 13.2 Å². The summed E-state index contributed by atoms with van der Waals surface area (Å²) in [6, 6.07) is 7.69. The molecule has 2 aliphatic carbocycles. The second kappa shape index (κ2) is 5.34. The van der Waals surface area contributed by atoms with Crippen LogP contribution in [0.1, 0.15) is 25.7 Å². The molecule has 2 saturated carbocycles. The highest BCUT2D eigenvalue weighted by molar-refractivity contribution is 8.00. The highest BCUT2D eigenvalue weighted by Crippen LogP contribution is 2.49.